The van der Waals surface area contributed by atoms with Crippen LogP contribution in [0.25, 0.3) is 22.0 Å². The van der Waals surface area contributed by atoms with Gasteiger partial charge in [0.25, 0.3) is 5.91 Å². The number of amides is 2. The van der Waals surface area contributed by atoms with E-state index in [0.717, 1.165) is 16.5 Å². The van der Waals surface area contributed by atoms with Gasteiger partial charge in [0, 0.05) is 35.9 Å². The minimum absolute atomic E-state index is 0.181. The van der Waals surface area contributed by atoms with E-state index in [1.165, 1.54) is 13.2 Å². The highest BCUT2D eigenvalue weighted by Gasteiger charge is 2.23. The quantitative estimate of drug-likeness (QED) is 0.689. The maximum Gasteiger partial charge on any atom is 0.270 e. The fraction of sp³-hybridized carbons (Fsp3) is 0.118. The Bertz CT molecular complexity index is 927. The van der Waals surface area contributed by atoms with Crippen molar-refractivity contribution in [1.29, 1.82) is 0 Å². The van der Waals surface area contributed by atoms with Crippen molar-refractivity contribution in [2.75, 3.05) is 7.05 Å². The summed E-state index contributed by atoms with van der Waals surface area (Å²) in [7, 11) is 1.52. The fourth-order valence-corrected chi connectivity index (χ4v) is 2.78. The van der Waals surface area contributed by atoms with Gasteiger partial charge in [0.2, 0.25) is 5.91 Å². The van der Waals surface area contributed by atoms with Gasteiger partial charge in [0.15, 0.2) is 0 Å². The molecule has 23 heavy (non-hydrogen) atoms. The second-order valence-electron chi connectivity index (χ2n) is 5.23. The molecule has 116 valence electrons. The first kappa shape index (κ1) is 14.8. The summed E-state index contributed by atoms with van der Waals surface area (Å²) in [4.78, 5) is 31.6. The van der Waals surface area contributed by atoms with Gasteiger partial charge in [-0.2, -0.15) is 0 Å². The monoisotopic (exact) mass is 308 g/mol. The first-order valence-electron chi connectivity index (χ1n) is 7.12. The van der Waals surface area contributed by atoms with Gasteiger partial charge < -0.3 is 16.0 Å². The summed E-state index contributed by atoms with van der Waals surface area (Å²) in [5.41, 5.74) is 8.81. The number of nitrogens with zero attached hydrogens (tertiary/aromatic N) is 1. The van der Waals surface area contributed by atoms with Crippen LogP contribution in [0.15, 0.2) is 36.7 Å². The molecule has 0 aliphatic carbocycles. The summed E-state index contributed by atoms with van der Waals surface area (Å²) in [6.07, 6.45) is 3.30. The zero-order chi connectivity index (χ0) is 16.6. The SMILES string of the molecule is CNC(=O)c1ncc(C)c(C(N)=O)c1-c1cccc2[nH]ccc12. The Morgan fingerprint density at radius 2 is 2.04 bits per heavy atom. The van der Waals surface area contributed by atoms with Gasteiger partial charge in [-0.25, -0.2) is 0 Å². The van der Waals surface area contributed by atoms with Crippen molar-refractivity contribution in [3.63, 3.8) is 0 Å². The number of nitrogens with one attached hydrogen (secondary N) is 2. The number of H-pyrrole nitrogens is 1. The van der Waals surface area contributed by atoms with E-state index in [1.54, 1.807) is 13.1 Å². The van der Waals surface area contributed by atoms with Gasteiger partial charge in [-0.05, 0) is 30.2 Å². The molecule has 0 aliphatic rings. The topological polar surface area (TPSA) is 101 Å². The van der Waals surface area contributed by atoms with Crippen molar-refractivity contribution in [2.24, 2.45) is 5.73 Å². The third kappa shape index (κ3) is 2.34. The number of primary amides is 1. The van der Waals surface area contributed by atoms with Gasteiger partial charge in [-0.3, -0.25) is 14.6 Å². The molecule has 0 spiro atoms. The lowest BCUT2D eigenvalue weighted by atomic mass is 9.92. The van der Waals surface area contributed by atoms with Crippen molar-refractivity contribution in [2.45, 2.75) is 6.92 Å². The van der Waals surface area contributed by atoms with E-state index in [9.17, 15) is 9.59 Å². The Kier molecular flexibility index (Phi) is 3.57. The zero-order valence-corrected chi connectivity index (χ0v) is 12.8. The van der Waals surface area contributed by atoms with Gasteiger partial charge in [-0.1, -0.05) is 12.1 Å². The van der Waals surface area contributed by atoms with Crippen LogP contribution in [0.4, 0.5) is 0 Å². The Balaban J connectivity index is 2.45. The lowest BCUT2D eigenvalue weighted by Gasteiger charge is -2.15. The number of benzene rings is 1. The molecule has 2 aromatic heterocycles. The fourth-order valence-electron chi connectivity index (χ4n) is 2.78. The van der Waals surface area contributed by atoms with Gasteiger partial charge >= 0.3 is 0 Å². The molecule has 0 bridgehead atoms. The number of aromatic amines is 1. The third-order valence-electron chi connectivity index (χ3n) is 3.82. The molecular weight excluding hydrogens is 292 g/mol. The number of fused-ring (bicyclic) bond motifs is 1. The van der Waals surface area contributed by atoms with Crippen LogP contribution < -0.4 is 11.1 Å². The molecule has 4 N–H and O–H groups in total. The highest BCUT2D eigenvalue weighted by molar-refractivity contribution is 6.11. The molecule has 6 nitrogen and oxygen atoms in total. The van der Waals surface area contributed by atoms with Gasteiger partial charge in [-0.15, -0.1) is 0 Å². The number of carbonyl (C=O) groups excluding carboxylic acids is 2. The maximum absolute atomic E-state index is 12.2. The molecule has 3 aromatic rings. The maximum atomic E-state index is 12.2. The van der Waals surface area contributed by atoms with Crippen molar-refractivity contribution in [3.05, 3.63) is 53.5 Å². The summed E-state index contributed by atoms with van der Waals surface area (Å²) in [6.45, 7) is 1.75. The Morgan fingerprint density at radius 3 is 2.74 bits per heavy atom. The second kappa shape index (κ2) is 5.57. The van der Waals surface area contributed by atoms with Crippen LogP contribution >= 0.6 is 0 Å². The zero-order valence-electron chi connectivity index (χ0n) is 12.8. The molecule has 1 aromatic carbocycles. The van der Waals surface area contributed by atoms with E-state index in [0.29, 0.717) is 16.7 Å². The predicted octanol–water partition coefficient (Wildman–Crippen LogP) is 2.00. The summed E-state index contributed by atoms with van der Waals surface area (Å²) in [5, 5.41) is 3.45. The molecule has 0 radical (unpaired) electrons. The Labute approximate surface area is 132 Å². The average molecular weight is 308 g/mol. The second-order valence-corrected chi connectivity index (χ2v) is 5.23. The van der Waals surface area contributed by atoms with E-state index in [2.05, 4.69) is 15.3 Å². The molecule has 2 heterocycles. The highest BCUT2D eigenvalue weighted by Crippen LogP contribution is 2.34. The van der Waals surface area contributed by atoms with E-state index in [1.807, 2.05) is 24.3 Å². The Morgan fingerprint density at radius 1 is 1.26 bits per heavy atom. The lowest BCUT2D eigenvalue weighted by molar-refractivity contribution is 0.0959. The van der Waals surface area contributed by atoms with E-state index in [4.69, 9.17) is 5.73 Å². The molecule has 0 unspecified atom stereocenters. The highest BCUT2D eigenvalue weighted by atomic mass is 16.2. The van der Waals surface area contributed by atoms with Crippen LogP contribution in [-0.4, -0.2) is 28.8 Å². The molecule has 0 aliphatic heterocycles. The molecule has 0 saturated carbocycles. The van der Waals surface area contributed by atoms with Crippen molar-refractivity contribution < 1.29 is 9.59 Å². The molecule has 0 saturated heterocycles. The lowest BCUT2D eigenvalue weighted by Crippen LogP contribution is -2.23. The average Bonchev–Trinajstić information content (AvgIpc) is 3.02. The first-order chi connectivity index (χ1) is 11.0. The number of pyridine rings is 1. The van der Waals surface area contributed by atoms with Crippen LogP contribution in [0.1, 0.15) is 26.4 Å². The predicted molar refractivity (Wildman–Crippen MR) is 88.2 cm³/mol. The molecule has 6 heteroatoms. The van der Waals surface area contributed by atoms with Crippen LogP contribution in [0.5, 0.6) is 0 Å². The standard InChI is InChI=1S/C17H16N4O2/c1-9-8-21-15(17(23)19-2)14(13(9)16(18)22)11-4-3-5-12-10(11)6-7-20-12/h3-8,20H,1-2H3,(H2,18,22)(H,19,23). The van der Waals surface area contributed by atoms with E-state index < -0.39 is 5.91 Å². The summed E-state index contributed by atoms with van der Waals surface area (Å²) >= 11 is 0. The number of aromatic nitrogens is 2. The normalized spacial score (nSPS) is 10.7. The molecule has 0 fully saturated rings. The number of carbonyl (C=O) groups is 2. The third-order valence-corrected chi connectivity index (χ3v) is 3.82. The minimum atomic E-state index is -0.586. The molecule has 2 amide bonds. The number of aryl methyl sites for hydroxylation is 1. The van der Waals surface area contributed by atoms with E-state index >= 15 is 0 Å². The first-order valence-corrected chi connectivity index (χ1v) is 7.12. The Hall–Kier alpha value is -3.15. The number of nitrogens with two attached hydrogens (primary N) is 1. The van der Waals surface area contributed by atoms with Crippen LogP contribution in [0.2, 0.25) is 0 Å². The summed E-state index contributed by atoms with van der Waals surface area (Å²) in [6, 6.07) is 7.53. The largest absolute Gasteiger partial charge is 0.366 e. The van der Waals surface area contributed by atoms with Gasteiger partial charge in [0.05, 0.1) is 5.56 Å². The van der Waals surface area contributed by atoms with Crippen LogP contribution in [0, 0.1) is 6.92 Å². The van der Waals surface area contributed by atoms with Crippen molar-refractivity contribution in [3.8, 4) is 11.1 Å². The minimum Gasteiger partial charge on any atom is -0.366 e. The van der Waals surface area contributed by atoms with E-state index in [-0.39, 0.29) is 11.6 Å². The molecule has 3 rings (SSSR count). The van der Waals surface area contributed by atoms with Crippen molar-refractivity contribution in [1.82, 2.24) is 15.3 Å². The summed E-state index contributed by atoms with van der Waals surface area (Å²) < 4.78 is 0. The van der Waals surface area contributed by atoms with Crippen LogP contribution in [-0.2, 0) is 0 Å². The van der Waals surface area contributed by atoms with Crippen LogP contribution in [0.3, 0.4) is 0 Å². The van der Waals surface area contributed by atoms with Gasteiger partial charge in [0.1, 0.15) is 5.69 Å². The summed E-state index contributed by atoms with van der Waals surface area (Å²) in [5.74, 6) is -0.951. The number of hydrogen-bond donors (Lipinski definition) is 3. The number of rotatable bonds is 3. The molecule has 0 atom stereocenters. The van der Waals surface area contributed by atoms with Crippen molar-refractivity contribution >= 4 is 22.7 Å². The smallest absolute Gasteiger partial charge is 0.270 e. The number of hydrogen-bond acceptors (Lipinski definition) is 3. The molecular formula is C17H16N4O2.